The zero-order valence-corrected chi connectivity index (χ0v) is 6.74. The second-order valence-corrected chi connectivity index (χ2v) is 2.20. The van der Waals surface area contributed by atoms with Gasteiger partial charge in [-0.3, -0.25) is 4.79 Å². The van der Waals surface area contributed by atoms with Gasteiger partial charge in [0.2, 0.25) is 5.75 Å². The molecule has 0 fully saturated rings. The lowest BCUT2D eigenvalue weighted by Crippen LogP contribution is -2.03. The van der Waals surface area contributed by atoms with Crippen LogP contribution < -0.4 is 4.74 Å². The van der Waals surface area contributed by atoms with Crippen LogP contribution in [0.15, 0.2) is 6.20 Å². The predicted octanol–water partition coefficient (Wildman–Crippen LogP) is 0.416. The van der Waals surface area contributed by atoms with Crippen molar-refractivity contribution < 1.29 is 14.6 Å². The number of hydrogen-bond acceptors (Lipinski definition) is 5. The minimum Gasteiger partial charge on any atom is -0.491 e. The Morgan fingerprint density at radius 2 is 2.33 bits per heavy atom. The van der Waals surface area contributed by atoms with Crippen LogP contribution in [-0.2, 0) is 4.79 Å². The summed E-state index contributed by atoms with van der Waals surface area (Å²) in [6.45, 7) is 2.86. The first kappa shape index (κ1) is 8.45. The van der Waals surface area contributed by atoms with Crippen LogP contribution in [0.3, 0.4) is 0 Å². The normalized spacial score (nSPS) is 9.50. The molecule has 1 heterocycles. The fourth-order valence-corrected chi connectivity index (χ4v) is 0.674. The van der Waals surface area contributed by atoms with E-state index in [4.69, 9.17) is 5.11 Å². The summed E-state index contributed by atoms with van der Waals surface area (Å²) in [5, 5.41) is 9.11. The molecule has 0 saturated heterocycles. The highest BCUT2D eigenvalue weighted by Crippen LogP contribution is 2.20. The maximum Gasteiger partial charge on any atom is 0.308 e. The summed E-state index contributed by atoms with van der Waals surface area (Å²) in [4.78, 5) is 17.8. The zero-order chi connectivity index (χ0) is 9.14. The minimum atomic E-state index is -0.516. The van der Waals surface area contributed by atoms with Gasteiger partial charge in [0.05, 0.1) is 6.20 Å². The Morgan fingerprint density at radius 3 is 2.83 bits per heavy atom. The van der Waals surface area contributed by atoms with Crippen LogP contribution in [0, 0.1) is 6.92 Å². The molecule has 1 N–H and O–H groups in total. The summed E-state index contributed by atoms with van der Waals surface area (Å²) >= 11 is 0. The average Bonchev–Trinajstić information content (AvgIpc) is 1.94. The second-order valence-electron chi connectivity index (χ2n) is 2.20. The van der Waals surface area contributed by atoms with Crippen LogP contribution in [0.2, 0.25) is 0 Å². The van der Waals surface area contributed by atoms with E-state index >= 15 is 0 Å². The number of esters is 1. The summed E-state index contributed by atoms with van der Waals surface area (Å²) in [7, 11) is 0. The summed E-state index contributed by atoms with van der Waals surface area (Å²) < 4.78 is 4.59. The molecule has 0 aliphatic heterocycles. The standard InChI is InChI=1S/C7H8N2O3/c1-4-8-3-6(7(11)9-4)12-5(2)10/h3H,1-2H3,(H,8,9,11). The largest absolute Gasteiger partial charge is 0.491 e. The smallest absolute Gasteiger partial charge is 0.308 e. The highest BCUT2D eigenvalue weighted by atomic mass is 16.5. The van der Waals surface area contributed by atoms with Crippen LogP contribution in [-0.4, -0.2) is 21.0 Å². The Morgan fingerprint density at radius 1 is 1.67 bits per heavy atom. The maximum absolute atomic E-state index is 10.5. The number of aromatic nitrogens is 2. The van der Waals surface area contributed by atoms with Gasteiger partial charge >= 0.3 is 5.97 Å². The Bertz CT molecular complexity index is 312. The van der Waals surface area contributed by atoms with Gasteiger partial charge in [0.1, 0.15) is 5.82 Å². The van der Waals surface area contributed by atoms with Gasteiger partial charge in [-0.15, -0.1) is 0 Å². The van der Waals surface area contributed by atoms with Crippen molar-refractivity contribution in [2.75, 3.05) is 0 Å². The first-order chi connectivity index (χ1) is 5.59. The van der Waals surface area contributed by atoms with E-state index in [0.29, 0.717) is 5.82 Å². The van der Waals surface area contributed by atoms with Gasteiger partial charge in [0, 0.05) is 6.92 Å². The van der Waals surface area contributed by atoms with Crippen molar-refractivity contribution in [2.24, 2.45) is 0 Å². The van der Waals surface area contributed by atoms with Crippen molar-refractivity contribution in [3.63, 3.8) is 0 Å². The topological polar surface area (TPSA) is 72.3 Å². The molecule has 1 aromatic rings. The summed E-state index contributed by atoms with van der Waals surface area (Å²) in [5.74, 6) is -0.438. The van der Waals surface area contributed by atoms with Gasteiger partial charge in [-0.05, 0) is 6.92 Å². The summed E-state index contributed by atoms with van der Waals surface area (Å²) in [6.07, 6.45) is 1.25. The second kappa shape index (κ2) is 3.17. The highest BCUT2D eigenvalue weighted by molar-refractivity contribution is 5.69. The molecule has 1 rings (SSSR count). The number of carbonyl (C=O) groups excluding carboxylic acids is 1. The van der Waals surface area contributed by atoms with Crippen LogP contribution in [0.5, 0.6) is 11.6 Å². The van der Waals surface area contributed by atoms with E-state index in [1.54, 1.807) is 6.92 Å². The number of aryl methyl sites for hydroxylation is 1. The number of rotatable bonds is 1. The van der Waals surface area contributed by atoms with Gasteiger partial charge in [-0.25, -0.2) is 4.98 Å². The first-order valence-electron chi connectivity index (χ1n) is 3.30. The van der Waals surface area contributed by atoms with E-state index in [0.717, 1.165) is 0 Å². The van der Waals surface area contributed by atoms with E-state index in [-0.39, 0.29) is 11.6 Å². The lowest BCUT2D eigenvalue weighted by atomic mass is 10.5. The van der Waals surface area contributed by atoms with Gasteiger partial charge in [-0.1, -0.05) is 0 Å². The summed E-state index contributed by atoms with van der Waals surface area (Å²) in [6, 6.07) is 0. The van der Waals surface area contributed by atoms with Crippen LogP contribution >= 0.6 is 0 Å². The Kier molecular flexibility index (Phi) is 2.23. The van der Waals surface area contributed by atoms with Crippen molar-refractivity contribution in [1.82, 2.24) is 9.97 Å². The fourth-order valence-electron chi connectivity index (χ4n) is 0.674. The highest BCUT2D eigenvalue weighted by Gasteiger charge is 2.06. The third-order valence-corrected chi connectivity index (χ3v) is 1.11. The van der Waals surface area contributed by atoms with Gasteiger partial charge in [-0.2, -0.15) is 4.98 Å². The number of carbonyl (C=O) groups is 1. The molecule has 0 bridgehead atoms. The van der Waals surface area contributed by atoms with E-state index in [9.17, 15) is 4.79 Å². The molecule has 64 valence electrons. The lowest BCUT2D eigenvalue weighted by Gasteiger charge is -2.01. The van der Waals surface area contributed by atoms with Crippen molar-refractivity contribution in [3.05, 3.63) is 12.0 Å². The van der Waals surface area contributed by atoms with E-state index in [1.807, 2.05) is 0 Å². The quantitative estimate of drug-likeness (QED) is 0.615. The third kappa shape index (κ3) is 1.91. The SMILES string of the molecule is CC(=O)Oc1cnc(C)nc1O. The molecule has 0 saturated carbocycles. The number of aromatic hydroxyl groups is 1. The van der Waals surface area contributed by atoms with Crippen LogP contribution in [0.25, 0.3) is 0 Å². The monoisotopic (exact) mass is 168 g/mol. The molecule has 0 aliphatic carbocycles. The van der Waals surface area contributed by atoms with Crippen molar-refractivity contribution >= 4 is 5.97 Å². The molecule has 0 atom stereocenters. The molecular weight excluding hydrogens is 160 g/mol. The van der Waals surface area contributed by atoms with Crippen LogP contribution in [0.4, 0.5) is 0 Å². The molecule has 5 nitrogen and oxygen atoms in total. The number of hydrogen-bond donors (Lipinski definition) is 1. The number of ether oxygens (including phenoxy) is 1. The molecule has 1 aromatic heterocycles. The molecule has 12 heavy (non-hydrogen) atoms. The molecule has 5 heteroatoms. The molecule has 0 radical (unpaired) electrons. The van der Waals surface area contributed by atoms with Gasteiger partial charge < -0.3 is 9.84 Å². The maximum atomic E-state index is 10.5. The first-order valence-corrected chi connectivity index (χ1v) is 3.30. The Balaban J connectivity index is 2.93. The third-order valence-electron chi connectivity index (χ3n) is 1.11. The molecule has 0 amide bonds. The molecule has 0 unspecified atom stereocenters. The number of nitrogens with zero attached hydrogens (tertiary/aromatic N) is 2. The Labute approximate surface area is 69.0 Å². The lowest BCUT2D eigenvalue weighted by molar-refractivity contribution is -0.132. The molecule has 0 aliphatic rings. The van der Waals surface area contributed by atoms with Gasteiger partial charge in [0.25, 0.3) is 5.88 Å². The van der Waals surface area contributed by atoms with E-state index in [2.05, 4.69) is 14.7 Å². The molecule has 0 aromatic carbocycles. The van der Waals surface area contributed by atoms with Crippen molar-refractivity contribution in [1.29, 1.82) is 0 Å². The predicted molar refractivity (Wildman–Crippen MR) is 39.7 cm³/mol. The Hall–Kier alpha value is -1.65. The average molecular weight is 168 g/mol. The van der Waals surface area contributed by atoms with Gasteiger partial charge in [0.15, 0.2) is 0 Å². The van der Waals surface area contributed by atoms with Crippen LogP contribution in [0.1, 0.15) is 12.7 Å². The van der Waals surface area contributed by atoms with E-state index in [1.165, 1.54) is 13.1 Å². The molecular formula is C7H8N2O3. The van der Waals surface area contributed by atoms with Crippen molar-refractivity contribution in [2.45, 2.75) is 13.8 Å². The minimum absolute atomic E-state index is 0.0203. The fraction of sp³-hybridized carbons (Fsp3) is 0.286. The summed E-state index contributed by atoms with van der Waals surface area (Å²) in [5.41, 5.74) is 0. The van der Waals surface area contributed by atoms with E-state index < -0.39 is 5.97 Å². The van der Waals surface area contributed by atoms with Crippen molar-refractivity contribution in [3.8, 4) is 11.6 Å². The zero-order valence-electron chi connectivity index (χ0n) is 6.74. The molecule has 0 spiro atoms.